The minimum Gasteiger partial charge on any atom is -0.307 e. The molecular weight excluding hydrogens is 364 g/mol. The Hall–Kier alpha value is -0.350. The van der Waals surface area contributed by atoms with Crippen LogP contribution in [0.1, 0.15) is 13.3 Å². The van der Waals surface area contributed by atoms with Crippen LogP contribution < -0.4 is 11.3 Å². The van der Waals surface area contributed by atoms with Gasteiger partial charge < -0.3 is 5.43 Å². The fourth-order valence-corrected chi connectivity index (χ4v) is 4.73. The predicted octanol–water partition coefficient (Wildman–Crippen LogP) is 1.89. The van der Waals surface area contributed by atoms with Crippen molar-refractivity contribution < 1.29 is 8.42 Å². The van der Waals surface area contributed by atoms with Crippen molar-refractivity contribution in [2.45, 2.75) is 24.3 Å². The van der Waals surface area contributed by atoms with Gasteiger partial charge in [-0.25, -0.2) is 19.2 Å². The van der Waals surface area contributed by atoms with Gasteiger partial charge in [-0.3, -0.25) is 0 Å². The molecule has 1 heterocycles. The van der Waals surface area contributed by atoms with E-state index in [-0.39, 0.29) is 16.8 Å². The van der Waals surface area contributed by atoms with Gasteiger partial charge in [0.1, 0.15) is 4.90 Å². The van der Waals surface area contributed by atoms with Gasteiger partial charge in [-0.05, 0) is 34.7 Å². The number of nitrogen functional groups attached to an aromatic ring is 1. The van der Waals surface area contributed by atoms with Gasteiger partial charge in [0.05, 0.1) is 0 Å². The second-order valence-electron chi connectivity index (χ2n) is 4.18. The molecule has 0 aromatic carbocycles. The summed E-state index contributed by atoms with van der Waals surface area (Å²) in [4.78, 5) is 4.05. The van der Waals surface area contributed by atoms with Gasteiger partial charge in [0.25, 0.3) is 0 Å². The van der Waals surface area contributed by atoms with Crippen LogP contribution in [0.3, 0.4) is 0 Å². The normalized spacial score (nSPS) is 13.5. The van der Waals surface area contributed by atoms with Crippen LogP contribution in [-0.2, 0) is 10.0 Å². The number of halogens is 1. The van der Waals surface area contributed by atoms with Gasteiger partial charge in [-0.15, -0.1) is 0 Å². The number of thioether (sulfide) groups is 1. The van der Waals surface area contributed by atoms with Crippen molar-refractivity contribution in [1.29, 1.82) is 0 Å². The lowest BCUT2D eigenvalue weighted by atomic mass is 10.3. The summed E-state index contributed by atoms with van der Waals surface area (Å²) < 4.78 is 27.4. The molecule has 0 aliphatic carbocycles. The van der Waals surface area contributed by atoms with E-state index >= 15 is 0 Å². The summed E-state index contributed by atoms with van der Waals surface area (Å²) in [6.45, 7) is 1.97. The highest BCUT2D eigenvalue weighted by molar-refractivity contribution is 9.10. The monoisotopic (exact) mass is 382 g/mol. The standard InChI is InChI=1S/C11H19BrN4O2S2/c1-4-9(7-19-3)16(2)20(17,18)10-5-8(12)6-14-11(10)15-13/h5-6,9H,4,7,13H2,1-3H3,(H,14,15). The van der Waals surface area contributed by atoms with Crippen molar-refractivity contribution in [2.75, 3.05) is 24.5 Å². The Morgan fingerprint density at radius 1 is 1.60 bits per heavy atom. The first-order chi connectivity index (χ1) is 9.38. The average molecular weight is 383 g/mol. The number of nitrogens with two attached hydrogens (primary N) is 1. The molecule has 0 fully saturated rings. The third-order valence-corrected chi connectivity index (χ3v) is 6.03. The molecule has 0 aliphatic heterocycles. The summed E-state index contributed by atoms with van der Waals surface area (Å²) in [6, 6.07) is 1.43. The number of hydrogen-bond acceptors (Lipinski definition) is 6. The second-order valence-corrected chi connectivity index (χ2v) is 7.98. The SMILES string of the molecule is CCC(CSC)N(C)S(=O)(=O)c1cc(Br)cnc1NN. The molecule has 1 unspecified atom stereocenters. The van der Waals surface area contributed by atoms with Crippen LogP contribution in [0.15, 0.2) is 21.6 Å². The molecule has 0 saturated carbocycles. The summed E-state index contributed by atoms with van der Waals surface area (Å²) in [5.74, 6) is 6.22. The number of sulfonamides is 1. The lowest BCUT2D eigenvalue weighted by Gasteiger charge is -2.26. The largest absolute Gasteiger partial charge is 0.307 e. The van der Waals surface area contributed by atoms with E-state index in [9.17, 15) is 8.42 Å². The Labute approximate surface area is 132 Å². The van der Waals surface area contributed by atoms with Crippen LogP contribution >= 0.6 is 27.7 Å². The number of pyridine rings is 1. The lowest BCUT2D eigenvalue weighted by Crippen LogP contribution is -2.38. The molecule has 1 rings (SSSR count). The van der Waals surface area contributed by atoms with Crippen LogP contribution in [-0.4, -0.2) is 42.8 Å². The van der Waals surface area contributed by atoms with E-state index < -0.39 is 10.0 Å². The van der Waals surface area contributed by atoms with Crippen molar-refractivity contribution in [2.24, 2.45) is 5.84 Å². The molecule has 3 N–H and O–H groups in total. The zero-order valence-electron chi connectivity index (χ0n) is 11.6. The molecule has 1 aromatic heterocycles. The van der Waals surface area contributed by atoms with Crippen molar-refractivity contribution in [3.8, 4) is 0 Å². The van der Waals surface area contributed by atoms with Gasteiger partial charge in [0.15, 0.2) is 5.82 Å². The molecule has 0 bridgehead atoms. The molecule has 6 nitrogen and oxygen atoms in total. The zero-order valence-corrected chi connectivity index (χ0v) is 14.8. The first-order valence-corrected chi connectivity index (χ1v) is 9.60. The predicted molar refractivity (Wildman–Crippen MR) is 87.2 cm³/mol. The molecule has 20 heavy (non-hydrogen) atoms. The number of nitrogens with zero attached hydrogens (tertiary/aromatic N) is 2. The minimum atomic E-state index is -3.65. The Morgan fingerprint density at radius 2 is 2.25 bits per heavy atom. The quantitative estimate of drug-likeness (QED) is 0.552. The van der Waals surface area contributed by atoms with Gasteiger partial charge in [0.2, 0.25) is 10.0 Å². The van der Waals surface area contributed by atoms with Crippen LogP contribution in [0.5, 0.6) is 0 Å². The van der Waals surface area contributed by atoms with Crippen molar-refractivity contribution in [3.05, 3.63) is 16.7 Å². The smallest absolute Gasteiger partial charge is 0.246 e. The third kappa shape index (κ3) is 3.85. The Bertz CT molecular complexity index is 553. The summed E-state index contributed by atoms with van der Waals surface area (Å²) >= 11 is 4.85. The molecule has 1 aromatic rings. The Morgan fingerprint density at radius 3 is 2.75 bits per heavy atom. The topological polar surface area (TPSA) is 88.3 Å². The number of anilines is 1. The number of rotatable bonds is 7. The molecule has 0 spiro atoms. The fourth-order valence-electron chi connectivity index (χ4n) is 1.75. The molecular formula is C11H19BrN4O2S2. The Balaban J connectivity index is 3.25. The maximum Gasteiger partial charge on any atom is 0.246 e. The third-order valence-electron chi connectivity index (χ3n) is 2.96. The number of hydrogen-bond donors (Lipinski definition) is 2. The van der Waals surface area contributed by atoms with Crippen molar-refractivity contribution in [3.63, 3.8) is 0 Å². The van der Waals surface area contributed by atoms with E-state index in [1.807, 2.05) is 13.2 Å². The number of nitrogens with one attached hydrogen (secondary N) is 1. The van der Waals surface area contributed by atoms with E-state index in [4.69, 9.17) is 5.84 Å². The first-order valence-electron chi connectivity index (χ1n) is 5.97. The van der Waals surface area contributed by atoms with E-state index in [2.05, 4.69) is 26.3 Å². The zero-order chi connectivity index (χ0) is 15.3. The molecule has 0 saturated heterocycles. The highest BCUT2D eigenvalue weighted by atomic mass is 79.9. The fraction of sp³-hybridized carbons (Fsp3) is 0.545. The van der Waals surface area contributed by atoms with Crippen LogP contribution in [0.2, 0.25) is 0 Å². The molecule has 0 amide bonds. The maximum atomic E-state index is 12.7. The lowest BCUT2D eigenvalue weighted by molar-refractivity contribution is 0.385. The number of aromatic nitrogens is 1. The molecule has 114 valence electrons. The highest BCUT2D eigenvalue weighted by Gasteiger charge is 2.29. The van der Waals surface area contributed by atoms with Gasteiger partial charge in [-0.1, -0.05) is 6.92 Å². The van der Waals surface area contributed by atoms with Crippen LogP contribution in [0.25, 0.3) is 0 Å². The summed E-state index contributed by atoms with van der Waals surface area (Å²) in [7, 11) is -2.07. The van der Waals surface area contributed by atoms with E-state index in [0.717, 1.165) is 12.2 Å². The first kappa shape index (κ1) is 17.7. The van der Waals surface area contributed by atoms with Gasteiger partial charge in [0, 0.05) is 29.5 Å². The second kappa shape index (κ2) is 7.60. The summed E-state index contributed by atoms with van der Waals surface area (Å²) in [5, 5.41) is 0. The van der Waals surface area contributed by atoms with Gasteiger partial charge in [-0.2, -0.15) is 16.1 Å². The van der Waals surface area contributed by atoms with Crippen LogP contribution in [0.4, 0.5) is 5.82 Å². The van der Waals surface area contributed by atoms with E-state index in [0.29, 0.717) is 4.47 Å². The van der Waals surface area contributed by atoms with E-state index in [1.165, 1.54) is 16.6 Å². The number of hydrazine groups is 1. The van der Waals surface area contributed by atoms with Gasteiger partial charge >= 0.3 is 0 Å². The van der Waals surface area contributed by atoms with Crippen molar-refractivity contribution >= 4 is 43.5 Å². The summed E-state index contributed by atoms with van der Waals surface area (Å²) in [5.41, 5.74) is 2.33. The molecule has 9 heteroatoms. The molecule has 0 aliphatic rings. The highest BCUT2D eigenvalue weighted by Crippen LogP contribution is 2.27. The minimum absolute atomic E-state index is 0.0661. The van der Waals surface area contributed by atoms with Crippen molar-refractivity contribution in [1.82, 2.24) is 9.29 Å². The van der Waals surface area contributed by atoms with E-state index in [1.54, 1.807) is 18.8 Å². The average Bonchev–Trinajstić information content (AvgIpc) is 2.43. The maximum absolute atomic E-state index is 12.7. The van der Waals surface area contributed by atoms with Crippen LogP contribution in [0, 0.1) is 0 Å². The Kier molecular flexibility index (Phi) is 6.73. The molecule has 0 radical (unpaired) electrons. The summed E-state index contributed by atoms with van der Waals surface area (Å²) in [6.07, 6.45) is 4.19. The molecule has 1 atom stereocenters.